The van der Waals surface area contributed by atoms with E-state index in [4.69, 9.17) is 9.72 Å². The molecular formula is C29H26N2O. The van der Waals surface area contributed by atoms with Crippen molar-refractivity contribution in [2.45, 2.75) is 19.9 Å². The smallest absolute Gasteiger partial charge is 0.119 e. The van der Waals surface area contributed by atoms with Gasteiger partial charge in [-0.15, -0.1) is 0 Å². The number of nitrogens with zero attached hydrogens (tertiary/aromatic N) is 2. The molecule has 158 valence electrons. The predicted octanol–water partition coefficient (Wildman–Crippen LogP) is 6.68. The van der Waals surface area contributed by atoms with Gasteiger partial charge in [-0.25, -0.2) is 4.98 Å². The van der Waals surface area contributed by atoms with Gasteiger partial charge in [-0.1, -0.05) is 78.9 Å². The Morgan fingerprint density at radius 3 is 2.31 bits per heavy atom. The lowest BCUT2D eigenvalue weighted by atomic mass is 10.0. The topological polar surface area (TPSA) is 27.1 Å². The molecule has 0 atom stereocenters. The Bertz CT molecular complexity index is 1320. The predicted molar refractivity (Wildman–Crippen MR) is 131 cm³/mol. The van der Waals surface area contributed by atoms with Gasteiger partial charge in [0.1, 0.15) is 18.2 Å². The third-order valence-electron chi connectivity index (χ3n) is 5.73. The number of ether oxygens (including phenoxy) is 1. The largest absolute Gasteiger partial charge is 0.492 e. The van der Waals surface area contributed by atoms with E-state index < -0.39 is 0 Å². The number of benzene rings is 4. The van der Waals surface area contributed by atoms with Crippen LogP contribution in [0.1, 0.15) is 17.0 Å². The summed E-state index contributed by atoms with van der Waals surface area (Å²) in [6, 6.07) is 35.8. The van der Waals surface area contributed by atoms with Gasteiger partial charge < -0.3 is 9.30 Å². The zero-order valence-corrected chi connectivity index (χ0v) is 18.2. The summed E-state index contributed by atoms with van der Waals surface area (Å²) < 4.78 is 8.32. The van der Waals surface area contributed by atoms with Crippen LogP contribution < -0.4 is 4.74 Å². The van der Waals surface area contributed by atoms with Crippen molar-refractivity contribution in [3.8, 4) is 16.9 Å². The Morgan fingerprint density at radius 1 is 0.750 bits per heavy atom. The van der Waals surface area contributed by atoms with Gasteiger partial charge in [0.05, 0.1) is 17.6 Å². The van der Waals surface area contributed by atoms with Crippen molar-refractivity contribution in [2.75, 3.05) is 6.61 Å². The van der Waals surface area contributed by atoms with Crippen molar-refractivity contribution >= 4 is 11.0 Å². The van der Waals surface area contributed by atoms with Crippen LogP contribution in [-0.4, -0.2) is 16.2 Å². The molecule has 0 unspecified atom stereocenters. The molecule has 4 aromatic carbocycles. The number of para-hydroxylation sites is 2. The summed E-state index contributed by atoms with van der Waals surface area (Å²) in [7, 11) is 0. The molecule has 0 fully saturated rings. The standard InChI is InChI=1S/C29H26N2O/c1-22-8-7-11-26(20-22)32-19-18-31-28-13-6-5-12-27(28)30-29(31)21-23-14-16-25(17-15-23)24-9-3-2-4-10-24/h2-17,20H,18-19,21H2,1H3. The zero-order valence-electron chi connectivity index (χ0n) is 18.2. The zero-order chi connectivity index (χ0) is 21.8. The van der Waals surface area contributed by atoms with Crippen molar-refractivity contribution < 1.29 is 4.74 Å². The molecule has 0 aliphatic rings. The molecule has 0 saturated carbocycles. The van der Waals surface area contributed by atoms with E-state index in [9.17, 15) is 0 Å². The highest BCUT2D eigenvalue weighted by Crippen LogP contribution is 2.22. The first-order chi connectivity index (χ1) is 15.8. The minimum absolute atomic E-state index is 0.601. The second-order valence-corrected chi connectivity index (χ2v) is 8.07. The molecule has 1 aromatic heterocycles. The van der Waals surface area contributed by atoms with Gasteiger partial charge in [0, 0.05) is 6.42 Å². The molecule has 5 aromatic rings. The van der Waals surface area contributed by atoms with Crippen molar-refractivity contribution in [3.05, 3.63) is 120 Å². The second kappa shape index (κ2) is 9.11. The number of fused-ring (bicyclic) bond motifs is 1. The summed E-state index contributed by atoms with van der Waals surface area (Å²) >= 11 is 0. The van der Waals surface area contributed by atoms with Crippen LogP contribution in [-0.2, 0) is 13.0 Å². The number of aryl methyl sites for hydroxylation is 1. The summed E-state index contributed by atoms with van der Waals surface area (Å²) in [5.41, 5.74) is 7.10. The summed E-state index contributed by atoms with van der Waals surface area (Å²) in [5, 5.41) is 0. The second-order valence-electron chi connectivity index (χ2n) is 8.07. The fraction of sp³-hybridized carbons (Fsp3) is 0.138. The van der Waals surface area contributed by atoms with Crippen LogP contribution in [0.3, 0.4) is 0 Å². The summed E-state index contributed by atoms with van der Waals surface area (Å²) in [6.07, 6.45) is 0.786. The Balaban J connectivity index is 1.36. The van der Waals surface area contributed by atoms with Crippen molar-refractivity contribution in [1.29, 1.82) is 0 Å². The molecule has 0 N–H and O–H groups in total. The van der Waals surface area contributed by atoms with Crippen LogP contribution in [0.25, 0.3) is 22.2 Å². The molecule has 0 saturated heterocycles. The Hall–Kier alpha value is -3.85. The van der Waals surface area contributed by atoms with E-state index in [1.165, 1.54) is 22.3 Å². The molecule has 0 spiro atoms. The van der Waals surface area contributed by atoms with Crippen molar-refractivity contribution in [2.24, 2.45) is 0 Å². The minimum atomic E-state index is 0.601. The quantitative estimate of drug-likeness (QED) is 0.295. The third kappa shape index (κ3) is 4.42. The van der Waals surface area contributed by atoms with Crippen molar-refractivity contribution in [3.63, 3.8) is 0 Å². The molecule has 0 aliphatic carbocycles. The molecule has 1 heterocycles. The Kier molecular flexibility index (Phi) is 5.71. The monoisotopic (exact) mass is 418 g/mol. The summed E-state index contributed by atoms with van der Waals surface area (Å²) in [4.78, 5) is 4.94. The number of imidazole rings is 1. The maximum absolute atomic E-state index is 6.03. The third-order valence-corrected chi connectivity index (χ3v) is 5.73. The normalized spacial score (nSPS) is 11.0. The first-order valence-electron chi connectivity index (χ1n) is 11.0. The van der Waals surface area contributed by atoms with Crippen LogP contribution in [0, 0.1) is 6.92 Å². The van der Waals surface area contributed by atoms with E-state index in [0.29, 0.717) is 6.61 Å². The van der Waals surface area contributed by atoms with E-state index in [0.717, 1.165) is 35.6 Å². The van der Waals surface area contributed by atoms with Gasteiger partial charge in [-0.05, 0) is 53.4 Å². The highest BCUT2D eigenvalue weighted by atomic mass is 16.5. The maximum Gasteiger partial charge on any atom is 0.119 e. The lowest BCUT2D eigenvalue weighted by molar-refractivity contribution is 0.298. The fourth-order valence-corrected chi connectivity index (χ4v) is 4.10. The molecule has 0 bridgehead atoms. The molecule has 3 heteroatoms. The van der Waals surface area contributed by atoms with Crippen molar-refractivity contribution in [1.82, 2.24) is 9.55 Å². The molecule has 0 radical (unpaired) electrons. The first-order valence-corrected chi connectivity index (χ1v) is 11.0. The van der Waals surface area contributed by atoms with Crippen LogP contribution in [0.4, 0.5) is 0 Å². The van der Waals surface area contributed by atoms with E-state index >= 15 is 0 Å². The Labute approximate surface area is 188 Å². The van der Waals surface area contributed by atoms with Gasteiger partial charge in [-0.3, -0.25) is 0 Å². The first kappa shape index (κ1) is 20.1. The minimum Gasteiger partial charge on any atom is -0.492 e. The molecule has 32 heavy (non-hydrogen) atoms. The van der Waals surface area contributed by atoms with Gasteiger partial charge in [0.2, 0.25) is 0 Å². The SMILES string of the molecule is Cc1cccc(OCCn2c(Cc3ccc(-c4ccccc4)cc3)nc3ccccc32)c1. The molecule has 0 aliphatic heterocycles. The van der Waals surface area contributed by atoms with E-state index in [1.807, 2.05) is 24.3 Å². The number of aromatic nitrogens is 2. The van der Waals surface area contributed by atoms with E-state index in [-0.39, 0.29) is 0 Å². The highest BCUT2D eigenvalue weighted by molar-refractivity contribution is 5.76. The fourth-order valence-electron chi connectivity index (χ4n) is 4.10. The molecule has 0 amide bonds. The van der Waals surface area contributed by atoms with Crippen LogP contribution in [0.2, 0.25) is 0 Å². The van der Waals surface area contributed by atoms with E-state index in [2.05, 4.69) is 90.4 Å². The molecule has 3 nitrogen and oxygen atoms in total. The number of hydrogen-bond donors (Lipinski definition) is 0. The summed E-state index contributed by atoms with van der Waals surface area (Å²) in [5.74, 6) is 1.97. The van der Waals surface area contributed by atoms with E-state index in [1.54, 1.807) is 0 Å². The van der Waals surface area contributed by atoms with Gasteiger partial charge >= 0.3 is 0 Å². The maximum atomic E-state index is 6.03. The highest BCUT2D eigenvalue weighted by Gasteiger charge is 2.11. The van der Waals surface area contributed by atoms with Gasteiger partial charge in [0.15, 0.2) is 0 Å². The van der Waals surface area contributed by atoms with Crippen LogP contribution >= 0.6 is 0 Å². The lowest BCUT2D eigenvalue weighted by Gasteiger charge is -2.12. The van der Waals surface area contributed by atoms with Gasteiger partial charge in [-0.2, -0.15) is 0 Å². The van der Waals surface area contributed by atoms with Crippen LogP contribution in [0.5, 0.6) is 5.75 Å². The Morgan fingerprint density at radius 2 is 1.50 bits per heavy atom. The lowest BCUT2D eigenvalue weighted by Crippen LogP contribution is -2.11. The molecule has 5 rings (SSSR count). The average molecular weight is 419 g/mol. The number of rotatable bonds is 7. The number of hydrogen-bond acceptors (Lipinski definition) is 2. The average Bonchev–Trinajstić information content (AvgIpc) is 3.17. The summed E-state index contributed by atoms with van der Waals surface area (Å²) in [6.45, 7) is 3.44. The van der Waals surface area contributed by atoms with Gasteiger partial charge in [0.25, 0.3) is 0 Å². The molecular weight excluding hydrogens is 392 g/mol. The van der Waals surface area contributed by atoms with Crippen LogP contribution in [0.15, 0.2) is 103 Å².